The molecule has 2 N–H and O–H groups in total. The number of hydrogen-bond acceptors (Lipinski definition) is 1. The van der Waals surface area contributed by atoms with E-state index in [0.29, 0.717) is 0 Å². The van der Waals surface area contributed by atoms with Gasteiger partial charge in [0.15, 0.2) is 0 Å². The van der Waals surface area contributed by atoms with E-state index in [1.54, 1.807) is 6.08 Å². The zero-order valence-corrected chi connectivity index (χ0v) is 9.56. The fourth-order valence-corrected chi connectivity index (χ4v) is 1.54. The fourth-order valence-electron chi connectivity index (χ4n) is 1.31. The lowest BCUT2D eigenvalue weighted by Gasteiger charge is -2.11. The Morgan fingerprint density at radius 3 is 2.23 bits per heavy atom. The van der Waals surface area contributed by atoms with Gasteiger partial charge in [0, 0.05) is 10.5 Å². The monoisotopic (exact) mass is 239 g/mol. The minimum absolute atomic E-state index is 0.0644. The summed E-state index contributed by atoms with van der Waals surface area (Å²) in [5.41, 5.74) is 9.40. The number of aryl methyl sites for hydroxylation is 2. The van der Waals surface area contributed by atoms with Crippen LogP contribution in [0.4, 0.5) is 0 Å². The Hall–Kier alpha value is -0.600. The molecule has 13 heavy (non-hydrogen) atoms. The summed E-state index contributed by atoms with van der Waals surface area (Å²) in [7, 11) is 0. The lowest BCUT2D eigenvalue weighted by molar-refractivity contribution is 0.908. The smallest absolute Gasteiger partial charge is 0.0478 e. The van der Waals surface area contributed by atoms with Crippen LogP contribution in [0.5, 0.6) is 0 Å². The van der Waals surface area contributed by atoms with Gasteiger partial charge in [0.2, 0.25) is 0 Å². The van der Waals surface area contributed by atoms with Gasteiger partial charge in [0.05, 0.1) is 0 Å². The predicted molar refractivity (Wildman–Crippen MR) is 60.7 cm³/mol. The molecule has 1 atom stereocenters. The molecule has 0 aromatic heterocycles. The van der Waals surface area contributed by atoms with Crippen LogP contribution in [0.2, 0.25) is 0 Å². The summed E-state index contributed by atoms with van der Waals surface area (Å²) in [4.78, 5) is 0. The second kappa shape index (κ2) is 4.07. The molecule has 1 nitrogen and oxygen atoms in total. The van der Waals surface area contributed by atoms with Crippen LogP contribution in [0.15, 0.2) is 29.3 Å². The molecule has 1 rings (SSSR count). The highest BCUT2D eigenvalue weighted by Gasteiger charge is 2.05. The van der Waals surface area contributed by atoms with Crippen molar-refractivity contribution in [3.63, 3.8) is 0 Å². The maximum absolute atomic E-state index is 5.85. The average molecular weight is 240 g/mol. The molecule has 0 aliphatic heterocycles. The Morgan fingerprint density at radius 1 is 1.38 bits per heavy atom. The number of hydrogen-bond donors (Lipinski definition) is 1. The van der Waals surface area contributed by atoms with Crippen LogP contribution in [-0.4, -0.2) is 0 Å². The van der Waals surface area contributed by atoms with Crippen molar-refractivity contribution in [2.75, 3.05) is 0 Å². The quantitative estimate of drug-likeness (QED) is 0.789. The lowest BCUT2D eigenvalue weighted by Crippen LogP contribution is -2.07. The van der Waals surface area contributed by atoms with Gasteiger partial charge in [0.25, 0.3) is 0 Å². The van der Waals surface area contributed by atoms with Crippen LogP contribution >= 0.6 is 15.9 Å². The Bertz CT molecular complexity index is 308. The molecule has 1 aromatic carbocycles. The largest absolute Gasteiger partial charge is 0.321 e. The van der Waals surface area contributed by atoms with E-state index in [-0.39, 0.29) is 6.04 Å². The molecule has 70 valence electrons. The van der Waals surface area contributed by atoms with Crippen LogP contribution in [0.3, 0.4) is 0 Å². The van der Waals surface area contributed by atoms with Crippen LogP contribution in [0.1, 0.15) is 22.7 Å². The van der Waals surface area contributed by atoms with Crippen molar-refractivity contribution < 1.29 is 0 Å². The number of halogens is 1. The zero-order chi connectivity index (χ0) is 10.0. The molecular formula is C11H14BrN. The first-order chi connectivity index (χ1) is 6.06. The van der Waals surface area contributed by atoms with E-state index in [0.717, 1.165) is 10.0 Å². The Morgan fingerprint density at radius 2 is 1.85 bits per heavy atom. The Kier molecular flexibility index (Phi) is 3.28. The summed E-state index contributed by atoms with van der Waals surface area (Å²) < 4.78 is 1.16. The van der Waals surface area contributed by atoms with Gasteiger partial charge in [0.1, 0.15) is 0 Å². The minimum atomic E-state index is -0.0644. The summed E-state index contributed by atoms with van der Waals surface area (Å²) in [5.74, 6) is 0. The average Bonchev–Trinajstić information content (AvgIpc) is 2.12. The van der Waals surface area contributed by atoms with Gasteiger partial charge in [-0.05, 0) is 30.5 Å². The standard InChI is InChI=1S/C11H14BrN/c1-4-10(13)9-5-7(2)11(12)8(3)6-9/h4-6,10H,1,13H2,2-3H3. The molecular weight excluding hydrogens is 226 g/mol. The van der Waals surface area contributed by atoms with Crippen LogP contribution < -0.4 is 5.73 Å². The minimum Gasteiger partial charge on any atom is -0.321 e. The van der Waals surface area contributed by atoms with E-state index in [2.05, 4.69) is 48.5 Å². The van der Waals surface area contributed by atoms with Gasteiger partial charge < -0.3 is 5.73 Å². The first kappa shape index (κ1) is 10.5. The molecule has 0 amide bonds. The van der Waals surface area contributed by atoms with Crippen LogP contribution in [0, 0.1) is 13.8 Å². The zero-order valence-electron chi connectivity index (χ0n) is 7.97. The van der Waals surface area contributed by atoms with E-state index in [9.17, 15) is 0 Å². The number of rotatable bonds is 2. The molecule has 1 unspecified atom stereocenters. The summed E-state index contributed by atoms with van der Waals surface area (Å²) >= 11 is 3.52. The normalized spacial score (nSPS) is 12.6. The van der Waals surface area contributed by atoms with Gasteiger partial charge in [-0.3, -0.25) is 0 Å². The molecule has 0 aliphatic rings. The van der Waals surface area contributed by atoms with Crippen molar-refractivity contribution in [1.29, 1.82) is 0 Å². The first-order valence-corrected chi connectivity index (χ1v) is 5.00. The third kappa shape index (κ3) is 2.20. The Balaban J connectivity index is 3.20. The molecule has 0 saturated heterocycles. The van der Waals surface area contributed by atoms with Crippen LogP contribution in [0.25, 0.3) is 0 Å². The number of nitrogens with two attached hydrogens (primary N) is 1. The molecule has 0 heterocycles. The summed E-state index contributed by atoms with van der Waals surface area (Å²) in [6.45, 7) is 7.81. The molecule has 0 aliphatic carbocycles. The maximum atomic E-state index is 5.85. The second-order valence-corrected chi connectivity index (χ2v) is 4.02. The third-order valence-electron chi connectivity index (χ3n) is 2.10. The van der Waals surface area contributed by atoms with Crippen molar-refractivity contribution in [1.82, 2.24) is 0 Å². The van der Waals surface area contributed by atoms with Gasteiger partial charge >= 0.3 is 0 Å². The molecule has 0 fully saturated rings. The van der Waals surface area contributed by atoms with Crippen molar-refractivity contribution in [3.05, 3.63) is 46.0 Å². The van der Waals surface area contributed by atoms with E-state index >= 15 is 0 Å². The van der Waals surface area contributed by atoms with Crippen molar-refractivity contribution in [3.8, 4) is 0 Å². The highest BCUT2D eigenvalue weighted by Crippen LogP contribution is 2.24. The van der Waals surface area contributed by atoms with E-state index in [4.69, 9.17) is 5.73 Å². The highest BCUT2D eigenvalue weighted by molar-refractivity contribution is 9.10. The van der Waals surface area contributed by atoms with Crippen molar-refractivity contribution in [2.45, 2.75) is 19.9 Å². The Labute approximate surface area is 87.8 Å². The molecule has 0 radical (unpaired) electrons. The molecule has 1 aromatic rings. The second-order valence-electron chi connectivity index (χ2n) is 3.23. The SMILES string of the molecule is C=CC(N)c1cc(C)c(Br)c(C)c1. The third-order valence-corrected chi connectivity index (χ3v) is 3.35. The van der Waals surface area contributed by atoms with Gasteiger partial charge in [-0.2, -0.15) is 0 Å². The van der Waals surface area contributed by atoms with Crippen molar-refractivity contribution >= 4 is 15.9 Å². The highest BCUT2D eigenvalue weighted by atomic mass is 79.9. The summed E-state index contributed by atoms with van der Waals surface area (Å²) in [6.07, 6.45) is 1.75. The maximum Gasteiger partial charge on any atom is 0.0478 e. The van der Waals surface area contributed by atoms with E-state index in [1.807, 2.05) is 0 Å². The molecule has 0 bridgehead atoms. The van der Waals surface area contributed by atoms with Gasteiger partial charge in [-0.1, -0.05) is 34.1 Å². The fraction of sp³-hybridized carbons (Fsp3) is 0.273. The molecule has 0 saturated carbocycles. The van der Waals surface area contributed by atoms with E-state index < -0.39 is 0 Å². The number of benzene rings is 1. The molecule has 0 spiro atoms. The van der Waals surface area contributed by atoms with Crippen LogP contribution in [-0.2, 0) is 0 Å². The van der Waals surface area contributed by atoms with Gasteiger partial charge in [-0.25, -0.2) is 0 Å². The molecule has 2 heteroatoms. The first-order valence-electron chi connectivity index (χ1n) is 4.21. The van der Waals surface area contributed by atoms with Gasteiger partial charge in [-0.15, -0.1) is 6.58 Å². The summed E-state index contributed by atoms with van der Waals surface area (Å²) in [6, 6.07) is 4.11. The lowest BCUT2D eigenvalue weighted by atomic mass is 10.0. The van der Waals surface area contributed by atoms with E-state index in [1.165, 1.54) is 11.1 Å². The van der Waals surface area contributed by atoms with Crippen molar-refractivity contribution in [2.24, 2.45) is 5.73 Å². The summed E-state index contributed by atoms with van der Waals surface area (Å²) in [5, 5.41) is 0. The predicted octanol–water partition coefficient (Wildman–Crippen LogP) is 3.25. The topological polar surface area (TPSA) is 26.0 Å².